The molecule has 0 fully saturated rings. The van der Waals surface area contributed by atoms with E-state index in [9.17, 15) is 0 Å². The quantitative estimate of drug-likeness (QED) is 0.0262. The van der Waals surface area contributed by atoms with Gasteiger partial charge in [0, 0.05) is 33.7 Å². The van der Waals surface area contributed by atoms with Crippen LogP contribution in [0.25, 0.3) is 56.9 Å². The van der Waals surface area contributed by atoms with Gasteiger partial charge in [-0.15, -0.1) is 0 Å². The molecule has 0 unspecified atom stereocenters. The third-order valence-electron chi connectivity index (χ3n) is 20.0. The molecule has 8 bridgehead atoms. The topological polar surface area (TPSA) is 92.9 Å². The second kappa shape index (κ2) is 39.8. The number of hydrogen-bond acceptors (Lipinski definition) is 6. The molecular formula is C88H119N4O4+. The molecule has 0 saturated heterocycles. The van der Waals surface area contributed by atoms with Gasteiger partial charge in [-0.05, 0) is 160 Å². The Balaban J connectivity index is 1.10. The number of aromatic amines is 2. The number of aliphatic imine (C=N–C) groups is 1. The average molecular weight is 1300 g/mol. The first-order chi connectivity index (χ1) is 47.2. The van der Waals surface area contributed by atoms with Crippen molar-refractivity contribution in [3.63, 3.8) is 0 Å². The monoisotopic (exact) mass is 1300 g/mol. The smallest absolute Gasteiger partial charge is 0.160 e. The Bertz CT molecular complexity index is 3720. The maximum Gasteiger partial charge on any atom is 0.160 e. The van der Waals surface area contributed by atoms with Crippen LogP contribution in [-0.2, 0) is 0 Å². The number of unbranched alkanes of at least 4 members (excludes halogenated alkanes) is 28. The van der Waals surface area contributed by atoms with E-state index in [1.54, 1.807) is 0 Å². The van der Waals surface area contributed by atoms with E-state index in [0.29, 0.717) is 0 Å². The van der Waals surface area contributed by atoms with Gasteiger partial charge in [0.05, 0.1) is 60.0 Å². The lowest BCUT2D eigenvalue weighted by molar-refractivity contribution is 0.304. The highest BCUT2D eigenvalue weighted by molar-refractivity contribution is 6.35. The molecule has 4 aromatic carbocycles. The number of allylic oxidation sites excluding steroid dienone is 3. The molecule has 0 atom stereocenters. The molecule has 3 aliphatic heterocycles. The first-order valence-corrected chi connectivity index (χ1v) is 38.4. The van der Waals surface area contributed by atoms with E-state index >= 15 is 0 Å². The van der Waals surface area contributed by atoms with Gasteiger partial charge in [0.1, 0.15) is 39.6 Å². The minimum absolute atomic E-state index is 0.727. The highest BCUT2D eigenvalue weighted by Crippen LogP contribution is 2.41. The zero-order chi connectivity index (χ0) is 67.1. The molecule has 8 heteroatoms. The summed E-state index contributed by atoms with van der Waals surface area (Å²) >= 11 is 0. The van der Waals surface area contributed by atoms with Gasteiger partial charge in [-0.2, -0.15) is 0 Å². The van der Waals surface area contributed by atoms with Gasteiger partial charge in [0.25, 0.3) is 0 Å². The van der Waals surface area contributed by atoms with Crippen molar-refractivity contribution >= 4 is 40.4 Å². The molecule has 9 rings (SSSR count). The number of nitrogens with zero attached hydrogens (tertiary/aromatic N) is 1. The lowest BCUT2D eigenvalue weighted by atomic mass is 9.92. The van der Waals surface area contributed by atoms with Gasteiger partial charge in [-0.25, -0.2) is 4.99 Å². The Morgan fingerprint density at radius 3 is 1.06 bits per heavy atom. The molecule has 3 aliphatic rings. The summed E-state index contributed by atoms with van der Waals surface area (Å²) in [4.78, 5) is 13.7. The SMILES string of the molecule is CCCCCCCCCCOc1ccc(C2=C(C)C3=c4[nH]c(c(-c5ccc(OCCCCCCCCCC)cc5)c4C)=CC=c4[nH]c(c(C)c4-c4ccc(OCCCCCCCCCC)cc4)=C4NC(=C(c5ccc(OCCCCCCCCCC)cc5)[C+]4C)C=CC2=N3)cc1. The number of ether oxygens (including phenoxy) is 4. The van der Waals surface area contributed by atoms with Gasteiger partial charge in [-0.1, -0.05) is 244 Å². The number of fused-ring (bicyclic) bond motifs is 7. The highest BCUT2D eigenvalue weighted by atomic mass is 16.5. The molecule has 8 nitrogen and oxygen atoms in total. The molecule has 514 valence electrons. The van der Waals surface area contributed by atoms with Crippen molar-refractivity contribution in [1.82, 2.24) is 15.3 Å². The second-order valence-electron chi connectivity index (χ2n) is 27.6. The maximum atomic E-state index is 6.40. The van der Waals surface area contributed by atoms with E-state index in [1.807, 2.05) is 0 Å². The normalized spacial score (nSPS) is 13.6. The summed E-state index contributed by atoms with van der Waals surface area (Å²) in [5.41, 5.74) is 16.3. The van der Waals surface area contributed by atoms with Gasteiger partial charge in [0.15, 0.2) is 5.70 Å². The molecule has 0 saturated carbocycles. The summed E-state index contributed by atoms with van der Waals surface area (Å²) in [5.74, 6) is 4.78. The molecule has 5 heterocycles. The van der Waals surface area contributed by atoms with Crippen LogP contribution in [-0.4, -0.2) is 42.1 Å². The molecule has 0 radical (unpaired) electrons. The standard InChI is InChI=1S/C88H119N4O4/c1-9-13-17-21-25-29-33-37-61-93-73-49-41-69(42-50-73)81-65(5)85-86-66(6)82(70-43-51-74(52-44-70)94-62-38-34-30-26-22-18-14-10-2)79(90-86)59-60-80-84(72-47-55-76(56-48-72)96-64-40-36-32-28-24-20-16-12-4)68(8)88(92-80)87-67(7)83(78(91-87)58-57-77(81)89-85)71-45-53-75(54-46-71)95-63-39-35-31-27-23-19-15-11-3/h41-60,89-91H,9-40,61-64H2,1-8H3/q+1. The maximum absolute atomic E-state index is 6.40. The number of rotatable bonds is 44. The zero-order valence-corrected chi connectivity index (χ0v) is 60.6. The van der Waals surface area contributed by atoms with Crippen molar-refractivity contribution in [2.45, 2.75) is 261 Å². The predicted octanol–water partition coefficient (Wildman–Crippen LogP) is 22.0. The third kappa shape index (κ3) is 20.9. The zero-order valence-electron chi connectivity index (χ0n) is 60.6. The lowest BCUT2D eigenvalue weighted by Gasteiger charge is -2.10. The molecule has 0 amide bonds. The number of benzene rings is 4. The van der Waals surface area contributed by atoms with Crippen LogP contribution >= 0.6 is 0 Å². The fourth-order valence-corrected chi connectivity index (χ4v) is 14.3. The van der Waals surface area contributed by atoms with Crippen LogP contribution in [0.2, 0.25) is 0 Å². The number of nitrogens with one attached hydrogen (secondary N) is 3. The fraction of sp³-hybridized carbons (Fsp3) is 0.500. The van der Waals surface area contributed by atoms with Gasteiger partial charge < -0.3 is 28.9 Å². The van der Waals surface area contributed by atoms with E-state index in [0.717, 1.165) is 181 Å². The lowest BCUT2D eigenvalue weighted by Crippen LogP contribution is -2.22. The number of aromatic nitrogens is 2. The van der Waals surface area contributed by atoms with Crippen molar-refractivity contribution in [2.75, 3.05) is 26.4 Å². The molecular weight excluding hydrogens is 1180 g/mol. The summed E-state index contributed by atoms with van der Waals surface area (Å²) in [7, 11) is 0. The van der Waals surface area contributed by atoms with Gasteiger partial charge in [-0.3, -0.25) is 5.32 Å². The van der Waals surface area contributed by atoms with Crippen LogP contribution in [0.15, 0.2) is 125 Å². The van der Waals surface area contributed by atoms with Crippen molar-refractivity contribution in [3.05, 3.63) is 170 Å². The van der Waals surface area contributed by atoms with Crippen molar-refractivity contribution in [2.24, 2.45) is 4.99 Å². The van der Waals surface area contributed by atoms with Crippen molar-refractivity contribution in [1.29, 1.82) is 0 Å². The fourth-order valence-electron chi connectivity index (χ4n) is 14.3. The Hall–Kier alpha value is -7.32. The van der Waals surface area contributed by atoms with E-state index in [2.05, 4.69) is 192 Å². The van der Waals surface area contributed by atoms with Gasteiger partial charge in [0.2, 0.25) is 0 Å². The summed E-state index contributed by atoms with van der Waals surface area (Å²) in [6, 6.07) is 35.0. The highest BCUT2D eigenvalue weighted by Gasteiger charge is 2.37. The van der Waals surface area contributed by atoms with E-state index < -0.39 is 0 Å². The van der Waals surface area contributed by atoms with Crippen molar-refractivity contribution in [3.8, 4) is 45.3 Å². The summed E-state index contributed by atoms with van der Waals surface area (Å²) in [6.07, 6.45) is 49.8. The Morgan fingerprint density at radius 1 is 0.365 bits per heavy atom. The van der Waals surface area contributed by atoms with E-state index in [1.165, 1.54) is 185 Å². The Labute approximate surface area is 579 Å². The van der Waals surface area contributed by atoms with Crippen LogP contribution in [0.4, 0.5) is 0 Å². The molecule has 3 N–H and O–H groups in total. The van der Waals surface area contributed by atoms with E-state index in [-0.39, 0.29) is 0 Å². The molecule has 0 spiro atoms. The summed E-state index contributed by atoms with van der Waals surface area (Å²) in [6.45, 7) is 21.1. The Kier molecular flexibility index (Phi) is 30.2. The van der Waals surface area contributed by atoms with E-state index in [4.69, 9.17) is 23.9 Å². The number of H-pyrrole nitrogens is 2. The summed E-state index contributed by atoms with van der Waals surface area (Å²) in [5, 5.41) is 8.12. The molecule has 2 aromatic heterocycles. The minimum Gasteiger partial charge on any atom is -0.494 e. The predicted molar refractivity (Wildman–Crippen MR) is 410 cm³/mol. The van der Waals surface area contributed by atoms with Crippen LogP contribution in [0.1, 0.15) is 269 Å². The van der Waals surface area contributed by atoms with Gasteiger partial charge >= 0.3 is 0 Å². The van der Waals surface area contributed by atoms with Crippen LogP contribution in [0, 0.1) is 19.8 Å². The number of hydrogen-bond donors (Lipinski definition) is 3. The first kappa shape index (κ1) is 72.9. The molecule has 0 aliphatic carbocycles. The first-order valence-electron chi connectivity index (χ1n) is 38.4. The largest absolute Gasteiger partial charge is 0.494 e. The van der Waals surface area contributed by atoms with Crippen molar-refractivity contribution < 1.29 is 18.9 Å². The van der Waals surface area contributed by atoms with Crippen LogP contribution < -0.4 is 45.7 Å². The molecule has 96 heavy (non-hydrogen) atoms. The Morgan fingerprint density at radius 2 is 0.688 bits per heavy atom. The van der Waals surface area contributed by atoms with Crippen LogP contribution in [0.5, 0.6) is 23.0 Å². The summed E-state index contributed by atoms with van der Waals surface area (Å²) < 4.78 is 25.6. The third-order valence-corrected chi connectivity index (χ3v) is 20.0. The average Bonchev–Trinajstić information content (AvgIpc) is 1.61. The second-order valence-corrected chi connectivity index (χ2v) is 27.6. The minimum atomic E-state index is 0.727. The van der Waals surface area contributed by atoms with Crippen LogP contribution in [0.3, 0.4) is 0 Å². The molecule has 6 aromatic rings.